The number of hydrogen-bond acceptors (Lipinski definition) is 4. The number of aryl methyl sites for hydroxylation is 1. The number of imidazole rings is 1. The average molecular weight is 360 g/mol. The standard InChI is InChI=1S/C20H16N4OS/c21-9-5-10-23-13-17(16-7-1-2-8-18(16)23)19(25)14-26-20-22-12-15-6-3-4-11-24(15)20/h1-4,6-8,11-13H,5,10,14H2. The van der Waals surface area contributed by atoms with Gasteiger partial charge in [0, 0.05) is 35.4 Å². The molecule has 0 N–H and O–H groups in total. The van der Waals surface area contributed by atoms with Gasteiger partial charge in [-0.3, -0.25) is 9.20 Å². The van der Waals surface area contributed by atoms with Gasteiger partial charge in [-0.05, 0) is 18.2 Å². The molecule has 5 nitrogen and oxygen atoms in total. The lowest BCUT2D eigenvalue weighted by Crippen LogP contribution is -2.03. The van der Waals surface area contributed by atoms with Crippen LogP contribution >= 0.6 is 11.8 Å². The molecule has 3 heterocycles. The number of rotatable bonds is 6. The van der Waals surface area contributed by atoms with Crippen molar-refractivity contribution in [2.24, 2.45) is 0 Å². The molecular weight excluding hydrogens is 344 g/mol. The van der Waals surface area contributed by atoms with Crippen LogP contribution in [-0.4, -0.2) is 25.5 Å². The van der Waals surface area contributed by atoms with Gasteiger partial charge >= 0.3 is 0 Å². The van der Waals surface area contributed by atoms with Gasteiger partial charge < -0.3 is 4.57 Å². The third-order valence-electron chi connectivity index (χ3n) is 4.29. The molecule has 0 atom stereocenters. The van der Waals surface area contributed by atoms with Crippen LogP contribution in [0.4, 0.5) is 0 Å². The molecule has 0 bridgehead atoms. The van der Waals surface area contributed by atoms with Crippen molar-refractivity contribution in [1.29, 1.82) is 5.26 Å². The van der Waals surface area contributed by atoms with Crippen LogP contribution in [0, 0.1) is 11.3 Å². The third kappa shape index (κ3) is 2.98. The van der Waals surface area contributed by atoms with Crippen molar-refractivity contribution in [3.63, 3.8) is 0 Å². The Morgan fingerprint density at radius 2 is 2.04 bits per heavy atom. The van der Waals surface area contributed by atoms with E-state index in [0.717, 1.165) is 21.6 Å². The minimum absolute atomic E-state index is 0.0644. The molecule has 26 heavy (non-hydrogen) atoms. The van der Waals surface area contributed by atoms with Crippen LogP contribution in [0.5, 0.6) is 0 Å². The number of hydrogen-bond donors (Lipinski definition) is 0. The zero-order valence-electron chi connectivity index (χ0n) is 14.0. The van der Waals surface area contributed by atoms with Crippen LogP contribution in [0.2, 0.25) is 0 Å². The summed E-state index contributed by atoms with van der Waals surface area (Å²) in [4.78, 5) is 17.2. The molecule has 6 heteroatoms. The van der Waals surface area contributed by atoms with E-state index in [-0.39, 0.29) is 5.78 Å². The van der Waals surface area contributed by atoms with Crippen molar-refractivity contribution < 1.29 is 4.79 Å². The Bertz CT molecular complexity index is 1140. The van der Waals surface area contributed by atoms with Crippen molar-refractivity contribution in [1.82, 2.24) is 14.0 Å². The minimum atomic E-state index is 0.0644. The van der Waals surface area contributed by atoms with E-state index in [2.05, 4.69) is 11.1 Å². The Hall–Kier alpha value is -3.04. The number of fused-ring (bicyclic) bond motifs is 2. The Labute approximate surface area is 154 Å². The first-order valence-electron chi connectivity index (χ1n) is 8.31. The molecule has 0 aliphatic carbocycles. The molecule has 0 amide bonds. The molecule has 0 radical (unpaired) electrons. The van der Waals surface area contributed by atoms with Gasteiger partial charge in [0.2, 0.25) is 0 Å². The number of para-hydroxylation sites is 1. The molecule has 0 saturated heterocycles. The first-order valence-corrected chi connectivity index (χ1v) is 9.29. The topological polar surface area (TPSA) is 63.1 Å². The summed E-state index contributed by atoms with van der Waals surface area (Å²) in [7, 11) is 0. The highest BCUT2D eigenvalue weighted by atomic mass is 32.2. The Morgan fingerprint density at radius 3 is 2.92 bits per heavy atom. The van der Waals surface area contributed by atoms with Gasteiger partial charge in [0.05, 0.1) is 30.0 Å². The molecule has 3 aromatic heterocycles. The van der Waals surface area contributed by atoms with E-state index >= 15 is 0 Å². The second-order valence-electron chi connectivity index (χ2n) is 5.91. The predicted octanol–water partition coefficient (Wildman–Crippen LogP) is 4.18. The van der Waals surface area contributed by atoms with E-state index < -0.39 is 0 Å². The van der Waals surface area contributed by atoms with Gasteiger partial charge in [0.15, 0.2) is 10.9 Å². The minimum Gasteiger partial charge on any atom is -0.346 e. The monoisotopic (exact) mass is 360 g/mol. The van der Waals surface area contributed by atoms with E-state index in [1.807, 2.05) is 63.8 Å². The van der Waals surface area contributed by atoms with Gasteiger partial charge in [0.25, 0.3) is 0 Å². The first kappa shape index (κ1) is 16.4. The summed E-state index contributed by atoms with van der Waals surface area (Å²) < 4.78 is 3.97. The van der Waals surface area contributed by atoms with Crippen LogP contribution in [0.25, 0.3) is 16.4 Å². The van der Waals surface area contributed by atoms with Crippen LogP contribution < -0.4 is 0 Å². The number of carbonyl (C=O) groups excluding carboxylic acids is 1. The molecule has 4 aromatic rings. The predicted molar refractivity (Wildman–Crippen MR) is 102 cm³/mol. The smallest absolute Gasteiger partial charge is 0.175 e. The fourth-order valence-corrected chi connectivity index (χ4v) is 3.91. The molecule has 1 aromatic carbocycles. The maximum absolute atomic E-state index is 12.8. The summed E-state index contributed by atoms with van der Waals surface area (Å²) in [6.45, 7) is 0.586. The van der Waals surface area contributed by atoms with E-state index in [9.17, 15) is 4.79 Å². The number of thioether (sulfide) groups is 1. The van der Waals surface area contributed by atoms with Crippen molar-refractivity contribution in [2.75, 3.05) is 5.75 Å². The van der Waals surface area contributed by atoms with Gasteiger partial charge in [-0.15, -0.1) is 0 Å². The highest BCUT2D eigenvalue weighted by Gasteiger charge is 2.16. The lowest BCUT2D eigenvalue weighted by Gasteiger charge is -2.01. The summed E-state index contributed by atoms with van der Waals surface area (Å²) in [5, 5.41) is 10.6. The molecule has 0 fully saturated rings. The van der Waals surface area contributed by atoms with Gasteiger partial charge in [-0.1, -0.05) is 36.0 Å². The summed E-state index contributed by atoms with van der Waals surface area (Å²) in [6, 6.07) is 15.9. The second-order valence-corrected chi connectivity index (χ2v) is 6.85. The van der Waals surface area contributed by atoms with E-state index in [4.69, 9.17) is 5.26 Å². The van der Waals surface area contributed by atoms with E-state index in [0.29, 0.717) is 24.3 Å². The largest absolute Gasteiger partial charge is 0.346 e. The number of nitriles is 1. The van der Waals surface area contributed by atoms with Crippen molar-refractivity contribution >= 4 is 34.0 Å². The van der Waals surface area contributed by atoms with Crippen LogP contribution in [0.1, 0.15) is 16.8 Å². The zero-order valence-corrected chi connectivity index (χ0v) is 14.8. The van der Waals surface area contributed by atoms with Crippen molar-refractivity contribution in [3.8, 4) is 6.07 Å². The van der Waals surface area contributed by atoms with Crippen LogP contribution in [-0.2, 0) is 6.54 Å². The van der Waals surface area contributed by atoms with Gasteiger partial charge in [-0.25, -0.2) is 4.98 Å². The Kier molecular flexibility index (Phi) is 4.46. The van der Waals surface area contributed by atoms with Crippen molar-refractivity contribution in [3.05, 3.63) is 66.6 Å². The highest BCUT2D eigenvalue weighted by Crippen LogP contribution is 2.25. The zero-order chi connectivity index (χ0) is 17.9. The third-order valence-corrected chi connectivity index (χ3v) is 5.26. The number of aromatic nitrogens is 3. The summed E-state index contributed by atoms with van der Waals surface area (Å²) >= 11 is 1.44. The number of pyridine rings is 1. The van der Waals surface area contributed by atoms with Crippen LogP contribution in [0.3, 0.4) is 0 Å². The van der Waals surface area contributed by atoms with Gasteiger partial charge in [0.1, 0.15) is 0 Å². The van der Waals surface area contributed by atoms with Gasteiger partial charge in [-0.2, -0.15) is 5.26 Å². The number of benzene rings is 1. The molecular formula is C20H16N4OS. The normalized spacial score (nSPS) is 11.0. The Balaban J connectivity index is 1.59. The van der Waals surface area contributed by atoms with Crippen LogP contribution in [0.15, 0.2) is 66.2 Å². The van der Waals surface area contributed by atoms with Crippen molar-refractivity contribution in [2.45, 2.75) is 18.1 Å². The fraction of sp³-hybridized carbons (Fsp3) is 0.150. The maximum atomic E-state index is 12.8. The second kappa shape index (κ2) is 7.06. The quantitative estimate of drug-likeness (QED) is 0.382. The number of ketones is 1. The molecule has 0 aliphatic rings. The Morgan fingerprint density at radius 1 is 1.19 bits per heavy atom. The van der Waals surface area contributed by atoms with E-state index in [1.165, 1.54) is 11.8 Å². The molecule has 0 unspecified atom stereocenters. The average Bonchev–Trinajstić information content (AvgIpc) is 3.26. The molecule has 0 aliphatic heterocycles. The fourth-order valence-electron chi connectivity index (χ4n) is 3.06. The summed E-state index contributed by atoms with van der Waals surface area (Å²) in [6.07, 6.45) is 6.04. The summed E-state index contributed by atoms with van der Waals surface area (Å²) in [5.74, 6) is 0.384. The maximum Gasteiger partial charge on any atom is 0.175 e. The first-order chi connectivity index (χ1) is 12.8. The molecule has 128 valence electrons. The number of nitrogens with zero attached hydrogens (tertiary/aromatic N) is 4. The lowest BCUT2D eigenvalue weighted by molar-refractivity contribution is 0.102. The lowest BCUT2D eigenvalue weighted by atomic mass is 10.1. The highest BCUT2D eigenvalue weighted by molar-refractivity contribution is 7.99. The number of Topliss-reactive ketones (excluding diaryl/α,β-unsaturated/α-hetero) is 1. The number of carbonyl (C=O) groups is 1. The molecule has 0 saturated carbocycles. The summed E-state index contributed by atoms with van der Waals surface area (Å²) in [5.41, 5.74) is 2.70. The van der Waals surface area contributed by atoms with E-state index in [1.54, 1.807) is 6.20 Å². The molecule has 4 rings (SSSR count). The molecule has 0 spiro atoms. The SMILES string of the molecule is N#CCCn1cc(C(=O)CSc2ncc3ccccn23)c2ccccc21.